The third-order valence-electron chi connectivity index (χ3n) is 3.69. The van der Waals surface area contributed by atoms with E-state index >= 15 is 0 Å². The lowest BCUT2D eigenvalue weighted by Crippen LogP contribution is -2.35. The molecule has 1 aliphatic heterocycles. The summed E-state index contributed by atoms with van der Waals surface area (Å²) in [4.78, 5) is 2.32. The van der Waals surface area contributed by atoms with Gasteiger partial charge in [-0.3, -0.25) is 4.90 Å². The van der Waals surface area contributed by atoms with Crippen LogP contribution in [0, 0.1) is 5.82 Å². The molecular formula is C15H18FN3O. The molecule has 1 aliphatic rings. The van der Waals surface area contributed by atoms with Crippen molar-refractivity contribution >= 4 is 0 Å². The Hall–Kier alpha value is -1.72. The summed E-state index contributed by atoms with van der Waals surface area (Å²) < 4.78 is 14.6. The Morgan fingerprint density at radius 1 is 1.20 bits per heavy atom. The molecule has 0 saturated carbocycles. The lowest BCUT2D eigenvalue weighted by molar-refractivity contribution is 0.0792. The van der Waals surface area contributed by atoms with Crippen LogP contribution in [-0.4, -0.2) is 39.0 Å². The minimum atomic E-state index is -0.243. The smallest absolute Gasteiger partial charge is 0.123 e. The molecule has 1 N–H and O–H groups in total. The lowest BCUT2D eigenvalue weighted by Gasteiger charge is -2.28. The van der Waals surface area contributed by atoms with E-state index < -0.39 is 0 Å². The van der Waals surface area contributed by atoms with Gasteiger partial charge in [0.05, 0.1) is 18.0 Å². The Labute approximate surface area is 117 Å². The number of halogens is 1. The molecule has 0 amide bonds. The first kappa shape index (κ1) is 13.3. The maximum atomic E-state index is 12.9. The molecule has 0 atom stereocenters. The molecule has 20 heavy (non-hydrogen) atoms. The highest BCUT2D eigenvalue weighted by Gasteiger charge is 2.17. The van der Waals surface area contributed by atoms with Gasteiger partial charge >= 0.3 is 0 Å². The first-order valence-electron chi connectivity index (χ1n) is 6.90. The number of aliphatic hydroxyl groups excluding tert-OH is 1. The van der Waals surface area contributed by atoms with Gasteiger partial charge in [-0.05, 0) is 37.1 Å². The lowest BCUT2D eigenvalue weighted by atomic mass is 10.1. The Morgan fingerprint density at radius 2 is 1.90 bits per heavy atom. The summed E-state index contributed by atoms with van der Waals surface area (Å²) in [6, 6.07) is 6.29. The largest absolute Gasteiger partial charge is 0.393 e. The van der Waals surface area contributed by atoms with E-state index in [4.69, 9.17) is 0 Å². The fourth-order valence-corrected chi connectivity index (χ4v) is 2.51. The zero-order valence-corrected chi connectivity index (χ0v) is 11.2. The summed E-state index contributed by atoms with van der Waals surface area (Å²) in [6.07, 6.45) is 5.35. The molecule has 3 rings (SSSR count). The quantitative estimate of drug-likeness (QED) is 0.931. The summed E-state index contributed by atoms with van der Waals surface area (Å²) in [5.41, 5.74) is 1.98. The number of hydrogen-bond acceptors (Lipinski definition) is 3. The highest BCUT2D eigenvalue weighted by Crippen LogP contribution is 2.15. The summed E-state index contributed by atoms with van der Waals surface area (Å²) in [5, 5.41) is 13.8. The van der Waals surface area contributed by atoms with Crippen LogP contribution in [0.3, 0.4) is 0 Å². The van der Waals surface area contributed by atoms with Crippen molar-refractivity contribution < 1.29 is 9.50 Å². The normalized spacial score (nSPS) is 17.5. The van der Waals surface area contributed by atoms with Gasteiger partial charge in [-0.2, -0.15) is 5.10 Å². The molecule has 0 aliphatic carbocycles. The van der Waals surface area contributed by atoms with Gasteiger partial charge in [-0.1, -0.05) is 0 Å². The molecule has 0 spiro atoms. The van der Waals surface area contributed by atoms with Gasteiger partial charge in [0.2, 0.25) is 0 Å². The molecule has 4 nitrogen and oxygen atoms in total. The van der Waals surface area contributed by atoms with Gasteiger partial charge in [0.1, 0.15) is 5.82 Å². The van der Waals surface area contributed by atoms with Crippen molar-refractivity contribution in [1.82, 2.24) is 14.7 Å². The van der Waals surface area contributed by atoms with E-state index in [1.807, 2.05) is 12.4 Å². The number of nitrogens with zero attached hydrogens (tertiary/aromatic N) is 3. The third-order valence-corrected chi connectivity index (χ3v) is 3.69. The van der Waals surface area contributed by atoms with Gasteiger partial charge in [0.25, 0.3) is 0 Å². The third kappa shape index (κ3) is 3.05. The van der Waals surface area contributed by atoms with E-state index in [1.54, 1.807) is 16.8 Å². The average molecular weight is 275 g/mol. The van der Waals surface area contributed by atoms with Gasteiger partial charge in [0, 0.05) is 31.4 Å². The van der Waals surface area contributed by atoms with Crippen LogP contribution in [-0.2, 0) is 6.54 Å². The highest BCUT2D eigenvalue weighted by atomic mass is 19.1. The first-order valence-corrected chi connectivity index (χ1v) is 6.90. The van der Waals surface area contributed by atoms with Crippen molar-refractivity contribution in [2.24, 2.45) is 0 Å². The van der Waals surface area contributed by atoms with Gasteiger partial charge < -0.3 is 5.11 Å². The van der Waals surface area contributed by atoms with Crippen LogP contribution in [0.1, 0.15) is 18.4 Å². The van der Waals surface area contributed by atoms with Crippen molar-refractivity contribution in [2.45, 2.75) is 25.5 Å². The second-order valence-corrected chi connectivity index (χ2v) is 5.28. The van der Waals surface area contributed by atoms with Crippen molar-refractivity contribution in [3.8, 4) is 5.69 Å². The SMILES string of the molecule is OC1CCN(Cc2cnn(-c3ccc(F)cc3)c2)CC1. The summed E-state index contributed by atoms with van der Waals surface area (Å²) in [7, 11) is 0. The second-order valence-electron chi connectivity index (χ2n) is 5.28. The molecule has 1 aromatic heterocycles. The molecule has 2 heterocycles. The predicted molar refractivity (Wildman–Crippen MR) is 74.0 cm³/mol. The predicted octanol–water partition coefficient (Wildman–Crippen LogP) is 1.97. The monoisotopic (exact) mass is 275 g/mol. The maximum Gasteiger partial charge on any atom is 0.123 e. The number of aromatic nitrogens is 2. The van der Waals surface area contributed by atoms with Crippen molar-refractivity contribution in [3.63, 3.8) is 0 Å². The Bertz CT molecular complexity index is 559. The topological polar surface area (TPSA) is 41.3 Å². The molecule has 1 aromatic carbocycles. The van der Waals surface area contributed by atoms with Crippen LogP contribution in [0.5, 0.6) is 0 Å². The van der Waals surface area contributed by atoms with E-state index in [0.29, 0.717) is 0 Å². The van der Waals surface area contributed by atoms with Crippen molar-refractivity contribution in [2.75, 3.05) is 13.1 Å². The number of benzene rings is 1. The van der Waals surface area contributed by atoms with Crippen LogP contribution in [0.25, 0.3) is 5.69 Å². The van der Waals surface area contributed by atoms with E-state index in [-0.39, 0.29) is 11.9 Å². The van der Waals surface area contributed by atoms with Gasteiger partial charge in [-0.25, -0.2) is 9.07 Å². The zero-order chi connectivity index (χ0) is 13.9. The van der Waals surface area contributed by atoms with E-state index in [2.05, 4.69) is 10.00 Å². The minimum Gasteiger partial charge on any atom is -0.393 e. The van der Waals surface area contributed by atoms with Crippen molar-refractivity contribution in [3.05, 3.63) is 48.0 Å². The molecule has 1 fully saturated rings. The molecular weight excluding hydrogens is 257 g/mol. The van der Waals surface area contributed by atoms with Crippen LogP contribution in [0.4, 0.5) is 4.39 Å². The summed E-state index contributed by atoms with van der Waals surface area (Å²) in [5.74, 6) is -0.243. The van der Waals surface area contributed by atoms with E-state index in [9.17, 15) is 9.50 Å². The fourth-order valence-electron chi connectivity index (χ4n) is 2.51. The van der Waals surface area contributed by atoms with Gasteiger partial charge in [0.15, 0.2) is 0 Å². The number of rotatable bonds is 3. The number of piperidine rings is 1. The number of aliphatic hydroxyl groups is 1. The average Bonchev–Trinajstić information content (AvgIpc) is 2.91. The van der Waals surface area contributed by atoms with Crippen molar-refractivity contribution in [1.29, 1.82) is 0 Å². The van der Waals surface area contributed by atoms with Crippen LogP contribution < -0.4 is 0 Å². The standard InChI is InChI=1S/C15H18FN3O/c16-13-1-3-14(4-2-13)19-11-12(9-17-19)10-18-7-5-15(20)6-8-18/h1-4,9,11,15,20H,5-8,10H2. The molecule has 1 saturated heterocycles. The number of likely N-dealkylation sites (tertiary alicyclic amines) is 1. The second kappa shape index (κ2) is 5.73. The van der Waals surface area contributed by atoms with E-state index in [1.165, 1.54) is 12.1 Å². The molecule has 106 valence electrons. The van der Waals surface area contributed by atoms with Crippen LogP contribution >= 0.6 is 0 Å². The van der Waals surface area contributed by atoms with Crippen LogP contribution in [0.2, 0.25) is 0 Å². The number of hydrogen-bond donors (Lipinski definition) is 1. The fraction of sp³-hybridized carbons (Fsp3) is 0.400. The molecule has 0 radical (unpaired) electrons. The van der Waals surface area contributed by atoms with Gasteiger partial charge in [-0.15, -0.1) is 0 Å². The van der Waals surface area contributed by atoms with Crippen LogP contribution in [0.15, 0.2) is 36.7 Å². The molecule has 0 unspecified atom stereocenters. The highest BCUT2D eigenvalue weighted by molar-refractivity contribution is 5.31. The minimum absolute atomic E-state index is 0.145. The van der Waals surface area contributed by atoms with E-state index in [0.717, 1.165) is 43.7 Å². The maximum absolute atomic E-state index is 12.9. The molecule has 0 bridgehead atoms. The Morgan fingerprint density at radius 3 is 2.60 bits per heavy atom. The summed E-state index contributed by atoms with van der Waals surface area (Å²) >= 11 is 0. The Balaban J connectivity index is 1.66. The Kier molecular flexibility index (Phi) is 3.80. The summed E-state index contributed by atoms with van der Waals surface area (Å²) in [6.45, 7) is 2.68. The molecule has 2 aromatic rings. The first-order chi connectivity index (χ1) is 9.70. The zero-order valence-electron chi connectivity index (χ0n) is 11.2. The molecule has 5 heteroatoms.